The fraction of sp³-hybridized carbons (Fsp3) is 0.333. The number of aromatic nitrogens is 3. The van der Waals surface area contributed by atoms with Crippen molar-refractivity contribution in [2.75, 3.05) is 5.32 Å². The predicted molar refractivity (Wildman–Crippen MR) is 71.3 cm³/mol. The van der Waals surface area contributed by atoms with Crippen LogP contribution in [0.25, 0.3) is 11.0 Å². The number of nitrogens with one attached hydrogen (secondary N) is 1. The fourth-order valence-corrected chi connectivity index (χ4v) is 1.96. The lowest BCUT2D eigenvalue weighted by atomic mass is 10.2. The third-order valence-corrected chi connectivity index (χ3v) is 2.96. The molecule has 0 aliphatic carbocycles. The van der Waals surface area contributed by atoms with Gasteiger partial charge in [-0.1, -0.05) is 0 Å². The minimum Gasteiger partial charge on any atom is -0.325 e. The van der Waals surface area contributed by atoms with Crippen molar-refractivity contribution in [2.45, 2.75) is 13.8 Å². The van der Waals surface area contributed by atoms with Crippen molar-refractivity contribution >= 4 is 22.6 Å². The van der Waals surface area contributed by atoms with Crippen molar-refractivity contribution in [1.29, 1.82) is 0 Å². The van der Waals surface area contributed by atoms with E-state index in [1.54, 1.807) is 6.92 Å². The van der Waals surface area contributed by atoms with Crippen LogP contribution >= 0.6 is 0 Å². The summed E-state index contributed by atoms with van der Waals surface area (Å²) in [5.41, 5.74) is 0.385. The molecule has 19 heavy (non-hydrogen) atoms. The van der Waals surface area contributed by atoms with Gasteiger partial charge >= 0.3 is 5.69 Å². The van der Waals surface area contributed by atoms with Crippen molar-refractivity contribution < 1.29 is 4.79 Å². The molecule has 2 heterocycles. The molecule has 0 spiro atoms. The number of carbonyl (C=O) groups is 1. The third-order valence-electron chi connectivity index (χ3n) is 2.96. The summed E-state index contributed by atoms with van der Waals surface area (Å²) in [6, 6.07) is 0. The fourth-order valence-electron chi connectivity index (χ4n) is 1.96. The number of nitrogens with zero attached hydrogens (tertiary/aromatic N) is 3. The van der Waals surface area contributed by atoms with Crippen molar-refractivity contribution in [2.24, 2.45) is 14.1 Å². The zero-order valence-corrected chi connectivity index (χ0v) is 11.1. The molecule has 7 heteroatoms. The Kier molecular flexibility index (Phi) is 2.97. The smallest absolute Gasteiger partial charge is 0.325 e. The first-order chi connectivity index (χ1) is 8.84. The van der Waals surface area contributed by atoms with Gasteiger partial charge in [-0.05, 0) is 12.5 Å². The SMILES string of the molecule is CC(=O)Nc1c(C)cnc2c1c(=O)n(C)c(=O)n2C. The Hall–Kier alpha value is -2.44. The molecule has 0 aliphatic heterocycles. The molecule has 0 fully saturated rings. The number of anilines is 1. The summed E-state index contributed by atoms with van der Waals surface area (Å²) in [7, 11) is 2.92. The molecule has 7 nitrogen and oxygen atoms in total. The van der Waals surface area contributed by atoms with Gasteiger partial charge in [-0.25, -0.2) is 9.78 Å². The van der Waals surface area contributed by atoms with Gasteiger partial charge in [0.1, 0.15) is 5.39 Å². The van der Waals surface area contributed by atoms with Gasteiger partial charge in [-0.3, -0.25) is 18.7 Å². The average Bonchev–Trinajstić information content (AvgIpc) is 2.35. The highest BCUT2D eigenvalue weighted by atomic mass is 16.2. The summed E-state index contributed by atoms with van der Waals surface area (Å²) >= 11 is 0. The lowest BCUT2D eigenvalue weighted by Gasteiger charge is -2.12. The molecule has 2 rings (SSSR count). The molecule has 2 aromatic rings. The van der Waals surface area contributed by atoms with Crippen LogP contribution in [0.1, 0.15) is 12.5 Å². The minimum absolute atomic E-state index is 0.236. The van der Waals surface area contributed by atoms with E-state index in [0.717, 1.165) is 4.57 Å². The normalized spacial score (nSPS) is 10.7. The van der Waals surface area contributed by atoms with E-state index in [4.69, 9.17) is 0 Å². The summed E-state index contributed by atoms with van der Waals surface area (Å²) in [6.45, 7) is 3.10. The van der Waals surface area contributed by atoms with Crippen LogP contribution < -0.4 is 16.6 Å². The lowest BCUT2D eigenvalue weighted by molar-refractivity contribution is -0.114. The quantitative estimate of drug-likeness (QED) is 0.777. The second-order valence-corrected chi connectivity index (χ2v) is 4.40. The van der Waals surface area contributed by atoms with Gasteiger partial charge < -0.3 is 5.32 Å². The molecule has 100 valence electrons. The molecule has 0 atom stereocenters. The number of hydrogen-bond donors (Lipinski definition) is 1. The molecule has 0 saturated carbocycles. The van der Waals surface area contributed by atoms with E-state index in [1.807, 2.05) is 0 Å². The number of hydrogen-bond acceptors (Lipinski definition) is 4. The highest BCUT2D eigenvalue weighted by Gasteiger charge is 2.16. The topological polar surface area (TPSA) is 86.0 Å². The Labute approximate surface area is 108 Å². The summed E-state index contributed by atoms with van der Waals surface area (Å²) < 4.78 is 2.27. The summed E-state index contributed by atoms with van der Waals surface area (Å²) in [5, 5.41) is 2.86. The van der Waals surface area contributed by atoms with E-state index in [-0.39, 0.29) is 16.9 Å². The first-order valence-corrected chi connectivity index (χ1v) is 5.67. The molecule has 0 bridgehead atoms. The van der Waals surface area contributed by atoms with Gasteiger partial charge in [0.05, 0.1) is 5.69 Å². The average molecular weight is 262 g/mol. The van der Waals surface area contributed by atoms with Gasteiger partial charge in [0.2, 0.25) is 5.91 Å². The second kappa shape index (κ2) is 4.34. The van der Waals surface area contributed by atoms with Gasteiger partial charge in [0.15, 0.2) is 5.65 Å². The number of pyridine rings is 1. The maximum Gasteiger partial charge on any atom is 0.332 e. The van der Waals surface area contributed by atoms with Crippen molar-refractivity contribution in [3.05, 3.63) is 32.6 Å². The largest absolute Gasteiger partial charge is 0.332 e. The van der Waals surface area contributed by atoms with Crippen LogP contribution in [0.4, 0.5) is 5.69 Å². The van der Waals surface area contributed by atoms with E-state index < -0.39 is 11.2 Å². The molecular formula is C12H14N4O3. The van der Waals surface area contributed by atoms with Crippen LogP contribution in [0, 0.1) is 6.92 Å². The molecule has 2 aromatic heterocycles. The standard InChI is InChI=1S/C12H14N4O3/c1-6-5-13-10-8(9(6)14-7(2)17)11(18)16(4)12(19)15(10)3/h5H,1-4H3,(H,13,14,17). The Morgan fingerprint density at radius 3 is 2.47 bits per heavy atom. The zero-order valence-electron chi connectivity index (χ0n) is 11.1. The van der Waals surface area contributed by atoms with E-state index in [2.05, 4.69) is 10.3 Å². The molecule has 0 radical (unpaired) electrons. The zero-order chi connectivity index (χ0) is 14.3. The Morgan fingerprint density at radius 2 is 1.89 bits per heavy atom. The number of amides is 1. The first-order valence-electron chi connectivity index (χ1n) is 5.67. The van der Waals surface area contributed by atoms with Gasteiger partial charge in [-0.2, -0.15) is 0 Å². The number of aryl methyl sites for hydroxylation is 2. The molecule has 1 N–H and O–H groups in total. The summed E-state index contributed by atoms with van der Waals surface area (Å²) in [4.78, 5) is 39.4. The van der Waals surface area contributed by atoms with Gasteiger partial charge in [-0.15, -0.1) is 0 Å². The first kappa shape index (κ1) is 13.0. The Bertz CT molecular complexity index is 801. The van der Waals surface area contributed by atoms with Gasteiger partial charge in [0.25, 0.3) is 5.56 Å². The van der Waals surface area contributed by atoms with Crippen LogP contribution in [0.3, 0.4) is 0 Å². The maximum atomic E-state index is 12.2. The highest BCUT2D eigenvalue weighted by Crippen LogP contribution is 2.21. The predicted octanol–water partition coefficient (Wildman–Crippen LogP) is -0.101. The number of carbonyl (C=O) groups excluding carboxylic acids is 1. The maximum absolute atomic E-state index is 12.2. The van der Waals surface area contributed by atoms with Crippen LogP contribution in [0.5, 0.6) is 0 Å². The third kappa shape index (κ3) is 1.92. The van der Waals surface area contributed by atoms with Crippen LogP contribution in [0.2, 0.25) is 0 Å². The molecule has 0 aromatic carbocycles. The van der Waals surface area contributed by atoms with Gasteiger partial charge in [0, 0.05) is 27.2 Å². The Balaban J connectivity index is 3.05. The number of rotatable bonds is 1. The van der Waals surface area contributed by atoms with Crippen molar-refractivity contribution in [1.82, 2.24) is 14.1 Å². The van der Waals surface area contributed by atoms with E-state index in [9.17, 15) is 14.4 Å². The summed E-state index contributed by atoms with van der Waals surface area (Å²) in [5.74, 6) is -0.286. The number of fused-ring (bicyclic) bond motifs is 1. The Morgan fingerprint density at radius 1 is 1.26 bits per heavy atom. The molecular weight excluding hydrogens is 248 g/mol. The minimum atomic E-state index is -0.474. The second-order valence-electron chi connectivity index (χ2n) is 4.40. The monoisotopic (exact) mass is 262 g/mol. The van der Waals surface area contributed by atoms with Crippen molar-refractivity contribution in [3.8, 4) is 0 Å². The van der Waals surface area contributed by atoms with Crippen molar-refractivity contribution in [3.63, 3.8) is 0 Å². The molecule has 0 unspecified atom stereocenters. The van der Waals surface area contributed by atoms with E-state index in [0.29, 0.717) is 11.3 Å². The molecule has 0 aliphatic rings. The van der Waals surface area contributed by atoms with E-state index in [1.165, 1.54) is 31.8 Å². The summed E-state index contributed by atoms with van der Waals surface area (Å²) in [6.07, 6.45) is 1.52. The molecule has 1 amide bonds. The van der Waals surface area contributed by atoms with Crippen LogP contribution in [0.15, 0.2) is 15.8 Å². The molecule has 0 saturated heterocycles. The van der Waals surface area contributed by atoms with Crippen LogP contribution in [-0.2, 0) is 18.9 Å². The van der Waals surface area contributed by atoms with Crippen LogP contribution in [-0.4, -0.2) is 20.0 Å². The lowest BCUT2D eigenvalue weighted by Crippen LogP contribution is -2.37. The highest BCUT2D eigenvalue weighted by molar-refractivity contribution is 5.99. The van der Waals surface area contributed by atoms with E-state index >= 15 is 0 Å².